The van der Waals surface area contributed by atoms with Gasteiger partial charge in [-0.1, -0.05) is 13.8 Å². The molecular weight excluding hydrogens is 248 g/mol. The van der Waals surface area contributed by atoms with Crippen molar-refractivity contribution in [3.63, 3.8) is 0 Å². The van der Waals surface area contributed by atoms with Crippen LogP contribution in [0.4, 0.5) is 4.79 Å². The van der Waals surface area contributed by atoms with Crippen LogP contribution in [-0.2, 0) is 9.53 Å². The number of carbonyl (C=O) groups excluding carboxylic acids is 1. The summed E-state index contributed by atoms with van der Waals surface area (Å²) in [5, 5.41) is 9.18. The predicted molar refractivity (Wildman–Crippen MR) is 68.9 cm³/mol. The van der Waals surface area contributed by atoms with Crippen LogP contribution in [0.15, 0.2) is 0 Å². The number of carboxylic acid groups (broad SMARTS) is 1. The van der Waals surface area contributed by atoms with Gasteiger partial charge in [-0.3, -0.25) is 0 Å². The van der Waals surface area contributed by atoms with E-state index in [-0.39, 0.29) is 18.7 Å². The van der Waals surface area contributed by atoms with Gasteiger partial charge in [0.25, 0.3) is 0 Å². The molecule has 2 heterocycles. The molecule has 19 heavy (non-hydrogen) atoms. The second-order valence-corrected chi connectivity index (χ2v) is 5.55. The molecule has 0 spiro atoms. The van der Waals surface area contributed by atoms with Crippen LogP contribution < -0.4 is 0 Å². The second kappa shape index (κ2) is 5.77. The number of rotatable bonds is 2. The number of hydrogen-bond donors (Lipinski definition) is 1. The van der Waals surface area contributed by atoms with Crippen molar-refractivity contribution in [1.29, 1.82) is 0 Å². The van der Waals surface area contributed by atoms with Gasteiger partial charge >= 0.3 is 12.0 Å². The molecule has 2 amide bonds. The summed E-state index contributed by atoms with van der Waals surface area (Å²) in [6.45, 7) is 5.79. The highest BCUT2D eigenvalue weighted by atomic mass is 16.5. The Morgan fingerprint density at radius 2 is 2.00 bits per heavy atom. The second-order valence-electron chi connectivity index (χ2n) is 5.55. The number of nitrogens with zero attached hydrogens (tertiary/aromatic N) is 2. The summed E-state index contributed by atoms with van der Waals surface area (Å²) in [5.74, 6) is -0.593. The number of aliphatic carboxylic acids is 1. The van der Waals surface area contributed by atoms with Crippen LogP contribution in [0.3, 0.4) is 0 Å². The van der Waals surface area contributed by atoms with Crippen molar-refractivity contribution in [2.75, 3.05) is 26.3 Å². The third kappa shape index (κ3) is 2.83. The molecule has 2 aliphatic rings. The molecule has 2 saturated heterocycles. The van der Waals surface area contributed by atoms with E-state index in [0.717, 1.165) is 19.4 Å². The summed E-state index contributed by atoms with van der Waals surface area (Å²) in [4.78, 5) is 27.1. The summed E-state index contributed by atoms with van der Waals surface area (Å²) in [6.07, 6.45) is 2.00. The van der Waals surface area contributed by atoms with Crippen molar-refractivity contribution in [2.24, 2.45) is 5.92 Å². The van der Waals surface area contributed by atoms with Gasteiger partial charge in [-0.05, 0) is 18.8 Å². The van der Waals surface area contributed by atoms with Crippen LogP contribution >= 0.6 is 0 Å². The van der Waals surface area contributed by atoms with E-state index >= 15 is 0 Å². The standard InChI is InChI=1S/C13H22N2O4/c1-9(2)10-4-3-5-14(10)13(18)15-6-7-19-8-11(15)12(16)17/h9-11H,3-8H2,1-2H3,(H,16,17). The van der Waals surface area contributed by atoms with Gasteiger partial charge in [0.2, 0.25) is 0 Å². The summed E-state index contributed by atoms with van der Waals surface area (Å²) < 4.78 is 5.17. The Labute approximate surface area is 113 Å². The summed E-state index contributed by atoms with van der Waals surface area (Å²) in [7, 11) is 0. The Bertz CT molecular complexity index is 359. The molecule has 0 aliphatic carbocycles. The lowest BCUT2D eigenvalue weighted by Crippen LogP contribution is -2.57. The minimum Gasteiger partial charge on any atom is -0.480 e. The minimum atomic E-state index is -0.992. The molecule has 0 aromatic rings. The lowest BCUT2D eigenvalue weighted by molar-refractivity contribution is -0.147. The van der Waals surface area contributed by atoms with Crippen LogP contribution in [0.25, 0.3) is 0 Å². The van der Waals surface area contributed by atoms with Gasteiger partial charge < -0.3 is 19.6 Å². The number of urea groups is 1. The number of carbonyl (C=O) groups is 2. The van der Waals surface area contributed by atoms with E-state index in [1.54, 1.807) is 0 Å². The first-order chi connectivity index (χ1) is 9.02. The van der Waals surface area contributed by atoms with Crippen LogP contribution in [0.5, 0.6) is 0 Å². The maximum absolute atomic E-state index is 12.6. The number of morpholine rings is 1. The van der Waals surface area contributed by atoms with Gasteiger partial charge in [0.05, 0.1) is 13.2 Å². The van der Waals surface area contributed by atoms with Crippen molar-refractivity contribution in [1.82, 2.24) is 9.80 Å². The highest BCUT2D eigenvalue weighted by Crippen LogP contribution is 2.26. The average molecular weight is 270 g/mol. The van der Waals surface area contributed by atoms with Gasteiger partial charge in [-0.2, -0.15) is 0 Å². The SMILES string of the molecule is CC(C)C1CCCN1C(=O)N1CCOCC1C(=O)O. The number of hydrogen-bond acceptors (Lipinski definition) is 3. The molecule has 6 nitrogen and oxygen atoms in total. The van der Waals surface area contributed by atoms with E-state index in [4.69, 9.17) is 4.74 Å². The summed E-state index contributed by atoms with van der Waals surface area (Å²) >= 11 is 0. The van der Waals surface area contributed by atoms with E-state index in [1.807, 2.05) is 4.90 Å². The molecule has 0 saturated carbocycles. The molecule has 0 aromatic carbocycles. The molecule has 1 N–H and O–H groups in total. The smallest absolute Gasteiger partial charge is 0.328 e. The van der Waals surface area contributed by atoms with Crippen LogP contribution in [0, 0.1) is 5.92 Å². The molecular formula is C13H22N2O4. The Balaban J connectivity index is 2.10. The number of likely N-dealkylation sites (tertiary alicyclic amines) is 1. The molecule has 2 aliphatic heterocycles. The molecule has 2 fully saturated rings. The van der Waals surface area contributed by atoms with Crippen molar-refractivity contribution in [3.8, 4) is 0 Å². The molecule has 2 atom stereocenters. The quantitative estimate of drug-likeness (QED) is 0.813. The zero-order chi connectivity index (χ0) is 14.0. The fourth-order valence-electron chi connectivity index (χ4n) is 2.93. The van der Waals surface area contributed by atoms with E-state index in [1.165, 1.54) is 4.90 Å². The third-order valence-electron chi connectivity index (χ3n) is 3.97. The normalized spacial score (nSPS) is 27.9. The Kier molecular flexibility index (Phi) is 4.29. The summed E-state index contributed by atoms with van der Waals surface area (Å²) in [6, 6.07) is -0.772. The van der Waals surface area contributed by atoms with Gasteiger partial charge in [0, 0.05) is 19.1 Å². The van der Waals surface area contributed by atoms with Gasteiger partial charge in [-0.25, -0.2) is 9.59 Å². The predicted octanol–water partition coefficient (Wildman–Crippen LogP) is 1.01. The number of carboxylic acids is 1. The number of ether oxygens (including phenoxy) is 1. The van der Waals surface area contributed by atoms with Gasteiger partial charge in [0.1, 0.15) is 0 Å². The Hall–Kier alpha value is -1.30. The zero-order valence-corrected chi connectivity index (χ0v) is 11.5. The highest BCUT2D eigenvalue weighted by molar-refractivity contribution is 5.83. The van der Waals surface area contributed by atoms with Gasteiger partial charge in [0.15, 0.2) is 6.04 Å². The van der Waals surface area contributed by atoms with E-state index in [9.17, 15) is 14.7 Å². The van der Waals surface area contributed by atoms with Crippen molar-refractivity contribution in [3.05, 3.63) is 0 Å². The van der Waals surface area contributed by atoms with Crippen LogP contribution in [0.1, 0.15) is 26.7 Å². The third-order valence-corrected chi connectivity index (χ3v) is 3.97. The molecule has 2 unspecified atom stereocenters. The molecule has 0 aromatic heterocycles. The highest BCUT2D eigenvalue weighted by Gasteiger charge is 2.39. The molecule has 0 bridgehead atoms. The van der Waals surface area contributed by atoms with E-state index in [2.05, 4.69) is 13.8 Å². The monoisotopic (exact) mass is 270 g/mol. The lowest BCUT2D eigenvalue weighted by Gasteiger charge is -2.38. The topological polar surface area (TPSA) is 70.1 Å². The minimum absolute atomic E-state index is 0.0846. The maximum atomic E-state index is 12.6. The first-order valence-corrected chi connectivity index (χ1v) is 6.90. The number of amides is 2. The largest absolute Gasteiger partial charge is 0.480 e. The Morgan fingerprint density at radius 1 is 1.26 bits per heavy atom. The zero-order valence-electron chi connectivity index (χ0n) is 11.5. The average Bonchev–Trinajstić information content (AvgIpc) is 2.87. The molecule has 2 rings (SSSR count). The van der Waals surface area contributed by atoms with Gasteiger partial charge in [-0.15, -0.1) is 0 Å². The maximum Gasteiger partial charge on any atom is 0.328 e. The van der Waals surface area contributed by atoms with E-state index in [0.29, 0.717) is 19.1 Å². The first kappa shape index (κ1) is 14.1. The fraction of sp³-hybridized carbons (Fsp3) is 0.846. The summed E-state index contributed by atoms with van der Waals surface area (Å²) in [5.41, 5.74) is 0. The lowest BCUT2D eigenvalue weighted by atomic mass is 10.0. The van der Waals surface area contributed by atoms with Crippen molar-refractivity contribution in [2.45, 2.75) is 38.8 Å². The van der Waals surface area contributed by atoms with Crippen LogP contribution in [0.2, 0.25) is 0 Å². The van der Waals surface area contributed by atoms with Crippen molar-refractivity contribution >= 4 is 12.0 Å². The Morgan fingerprint density at radius 3 is 2.63 bits per heavy atom. The van der Waals surface area contributed by atoms with Crippen molar-refractivity contribution < 1.29 is 19.4 Å². The fourth-order valence-corrected chi connectivity index (χ4v) is 2.93. The molecule has 6 heteroatoms. The first-order valence-electron chi connectivity index (χ1n) is 6.90. The molecule has 108 valence electrons. The van der Waals surface area contributed by atoms with Crippen LogP contribution in [-0.4, -0.2) is 65.3 Å². The van der Waals surface area contributed by atoms with E-state index < -0.39 is 12.0 Å². The molecule has 0 radical (unpaired) electrons.